The lowest BCUT2D eigenvalue weighted by Crippen LogP contribution is -1.74. The quantitative estimate of drug-likeness (QED) is 0.524. The summed E-state index contributed by atoms with van der Waals surface area (Å²) in [6.07, 6.45) is 0. The molecule has 3 heteroatoms. The number of halogens is 2. The first-order chi connectivity index (χ1) is 7.27. The summed E-state index contributed by atoms with van der Waals surface area (Å²) >= 11 is 7.65. The molecule has 3 rings (SSSR count). The van der Waals surface area contributed by atoms with Crippen molar-refractivity contribution < 1.29 is 4.39 Å². The molecule has 0 nitrogen and oxygen atoms in total. The maximum Gasteiger partial charge on any atom is 0.132 e. The second-order valence-corrected chi connectivity index (χ2v) is 4.82. The summed E-state index contributed by atoms with van der Waals surface area (Å²) in [7, 11) is 0. The lowest BCUT2D eigenvalue weighted by molar-refractivity contribution is 0.641. The van der Waals surface area contributed by atoms with E-state index in [2.05, 4.69) is 0 Å². The van der Waals surface area contributed by atoms with Gasteiger partial charge in [0.25, 0.3) is 0 Å². The summed E-state index contributed by atoms with van der Waals surface area (Å²) in [5.41, 5.74) is 0. The van der Waals surface area contributed by atoms with Crippen molar-refractivity contribution in [1.82, 2.24) is 0 Å². The van der Waals surface area contributed by atoms with Crippen molar-refractivity contribution in [3.8, 4) is 0 Å². The van der Waals surface area contributed by atoms with Gasteiger partial charge in [0.05, 0.1) is 0 Å². The zero-order chi connectivity index (χ0) is 10.4. The highest BCUT2D eigenvalue weighted by molar-refractivity contribution is 7.25. The summed E-state index contributed by atoms with van der Waals surface area (Å²) in [4.78, 5) is 0. The Morgan fingerprint density at radius 2 is 1.60 bits per heavy atom. The Hall–Kier alpha value is -1.12. The van der Waals surface area contributed by atoms with Gasteiger partial charge < -0.3 is 0 Å². The molecule has 0 aliphatic rings. The SMILES string of the molecule is Fc1cccc2sc3cccc(Cl)c3c12. The van der Waals surface area contributed by atoms with Crippen molar-refractivity contribution in [3.05, 3.63) is 47.2 Å². The van der Waals surface area contributed by atoms with Gasteiger partial charge in [-0.05, 0) is 24.3 Å². The molecule has 0 atom stereocenters. The van der Waals surface area contributed by atoms with Crippen LogP contribution in [0.5, 0.6) is 0 Å². The van der Waals surface area contributed by atoms with Gasteiger partial charge in [0, 0.05) is 25.2 Å². The molecule has 0 saturated carbocycles. The van der Waals surface area contributed by atoms with Crippen LogP contribution in [0.25, 0.3) is 20.2 Å². The van der Waals surface area contributed by atoms with Crippen LogP contribution in [0.3, 0.4) is 0 Å². The molecule has 0 saturated heterocycles. The van der Waals surface area contributed by atoms with Crippen LogP contribution in [-0.4, -0.2) is 0 Å². The van der Waals surface area contributed by atoms with Crippen LogP contribution in [0.1, 0.15) is 0 Å². The average Bonchev–Trinajstić information content (AvgIpc) is 2.58. The van der Waals surface area contributed by atoms with Gasteiger partial charge in [0.15, 0.2) is 0 Å². The first-order valence-electron chi connectivity index (χ1n) is 4.52. The zero-order valence-corrected chi connectivity index (χ0v) is 9.20. The van der Waals surface area contributed by atoms with E-state index in [-0.39, 0.29) is 5.82 Å². The molecule has 0 aliphatic heterocycles. The molecule has 74 valence electrons. The fraction of sp³-hybridized carbons (Fsp3) is 0. The van der Waals surface area contributed by atoms with Gasteiger partial charge in [-0.15, -0.1) is 11.3 Å². The molecule has 0 radical (unpaired) electrons. The molecule has 2 aromatic carbocycles. The Morgan fingerprint density at radius 3 is 2.40 bits per heavy atom. The molecular weight excluding hydrogens is 231 g/mol. The van der Waals surface area contributed by atoms with Gasteiger partial charge in [0.2, 0.25) is 0 Å². The minimum atomic E-state index is -0.202. The molecule has 1 aromatic heterocycles. The van der Waals surface area contributed by atoms with Crippen LogP contribution < -0.4 is 0 Å². The van der Waals surface area contributed by atoms with Crippen LogP contribution in [0.4, 0.5) is 4.39 Å². The Morgan fingerprint density at radius 1 is 0.933 bits per heavy atom. The van der Waals surface area contributed by atoms with Crippen molar-refractivity contribution in [1.29, 1.82) is 0 Å². The number of rotatable bonds is 0. The van der Waals surface area contributed by atoms with Gasteiger partial charge in [-0.2, -0.15) is 0 Å². The van der Waals surface area contributed by atoms with Crippen molar-refractivity contribution in [3.63, 3.8) is 0 Å². The first kappa shape index (κ1) is 9.13. The van der Waals surface area contributed by atoms with E-state index in [0.29, 0.717) is 10.4 Å². The van der Waals surface area contributed by atoms with Crippen LogP contribution in [0.15, 0.2) is 36.4 Å². The largest absolute Gasteiger partial charge is 0.206 e. The molecule has 0 unspecified atom stereocenters. The van der Waals surface area contributed by atoms with Gasteiger partial charge in [-0.1, -0.05) is 23.7 Å². The van der Waals surface area contributed by atoms with E-state index in [9.17, 15) is 4.39 Å². The highest BCUT2D eigenvalue weighted by Gasteiger charge is 2.11. The van der Waals surface area contributed by atoms with E-state index in [0.717, 1.165) is 14.8 Å². The molecule has 0 amide bonds. The lowest BCUT2D eigenvalue weighted by Gasteiger charge is -1.95. The molecule has 0 spiro atoms. The Kier molecular flexibility index (Phi) is 1.94. The normalized spacial score (nSPS) is 11.3. The predicted octanol–water partition coefficient (Wildman–Crippen LogP) is 4.85. The summed E-state index contributed by atoms with van der Waals surface area (Å²) in [5.74, 6) is -0.202. The summed E-state index contributed by atoms with van der Waals surface area (Å²) < 4.78 is 15.7. The van der Waals surface area contributed by atoms with Crippen LogP contribution in [-0.2, 0) is 0 Å². The number of hydrogen-bond donors (Lipinski definition) is 0. The van der Waals surface area contributed by atoms with E-state index in [4.69, 9.17) is 11.6 Å². The van der Waals surface area contributed by atoms with Crippen molar-refractivity contribution in [2.75, 3.05) is 0 Å². The minimum Gasteiger partial charge on any atom is -0.206 e. The third kappa shape index (κ3) is 1.25. The first-order valence-corrected chi connectivity index (χ1v) is 5.72. The van der Waals surface area contributed by atoms with Crippen LogP contribution in [0, 0.1) is 5.82 Å². The van der Waals surface area contributed by atoms with Crippen molar-refractivity contribution >= 4 is 43.1 Å². The van der Waals surface area contributed by atoms with Gasteiger partial charge >= 0.3 is 0 Å². The average molecular weight is 237 g/mol. The van der Waals surface area contributed by atoms with E-state index < -0.39 is 0 Å². The third-order valence-electron chi connectivity index (χ3n) is 2.42. The number of hydrogen-bond acceptors (Lipinski definition) is 1. The monoisotopic (exact) mass is 236 g/mol. The van der Waals surface area contributed by atoms with E-state index >= 15 is 0 Å². The zero-order valence-electron chi connectivity index (χ0n) is 7.63. The second-order valence-electron chi connectivity index (χ2n) is 3.33. The van der Waals surface area contributed by atoms with Gasteiger partial charge in [0.1, 0.15) is 5.82 Å². The molecule has 15 heavy (non-hydrogen) atoms. The highest BCUT2D eigenvalue weighted by atomic mass is 35.5. The maximum atomic E-state index is 13.7. The van der Waals surface area contributed by atoms with Crippen LogP contribution in [0.2, 0.25) is 5.02 Å². The van der Waals surface area contributed by atoms with E-state index in [1.807, 2.05) is 18.2 Å². The molecule has 0 N–H and O–H groups in total. The molecule has 0 aliphatic carbocycles. The number of fused-ring (bicyclic) bond motifs is 3. The highest BCUT2D eigenvalue weighted by Crippen LogP contribution is 2.38. The predicted molar refractivity (Wildman–Crippen MR) is 64.3 cm³/mol. The molecule has 0 fully saturated rings. The second kappa shape index (κ2) is 3.19. The fourth-order valence-corrected chi connectivity index (χ4v) is 3.25. The molecule has 0 bridgehead atoms. The fourth-order valence-electron chi connectivity index (χ4n) is 1.78. The van der Waals surface area contributed by atoms with Crippen molar-refractivity contribution in [2.45, 2.75) is 0 Å². The van der Waals surface area contributed by atoms with E-state index in [1.165, 1.54) is 6.07 Å². The summed E-state index contributed by atoms with van der Waals surface area (Å²) in [6, 6.07) is 10.8. The van der Waals surface area contributed by atoms with Gasteiger partial charge in [-0.25, -0.2) is 4.39 Å². The number of thiophene rings is 1. The van der Waals surface area contributed by atoms with E-state index in [1.54, 1.807) is 23.5 Å². The van der Waals surface area contributed by atoms with Crippen molar-refractivity contribution in [2.24, 2.45) is 0 Å². The summed E-state index contributed by atoms with van der Waals surface area (Å²) in [5, 5.41) is 2.09. The molecular formula is C12H6ClFS. The van der Waals surface area contributed by atoms with Gasteiger partial charge in [-0.3, -0.25) is 0 Å². The summed E-state index contributed by atoms with van der Waals surface area (Å²) in [6.45, 7) is 0. The lowest BCUT2D eigenvalue weighted by atomic mass is 10.1. The Balaban J connectivity index is 2.67. The minimum absolute atomic E-state index is 0.202. The topological polar surface area (TPSA) is 0 Å². The smallest absolute Gasteiger partial charge is 0.132 e. The molecule has 3 aromatic rings. The standard InChI is InChI=1S/C12H6ClFS/c13-7-3-1-5-9-11(7)12-8(14)4-2-6-10(12)15-9/h1-6H. The van der Waals surface area contributed by atoms with Crippen LogP contribution >= 0.6 is 22.9 Å². The molecule has 1 heterocycles. The Bertz CT molecular complexity index is 601. The number of benzene rings is 2. The Labute approximate surface area is 94.9 Å². The maximum absolute atomic E-state index is 13.7. The third-order valence-corrected chi connectivity index (χ3v) is 3.86.